The number of rotatable bonds is 28. The molecule has 5 rings (SSSR count). The Morgan fingerprint density at radius 2 is 1.32 bits per heavy atom. The number of aromatic hydroxyl groups is 1. The number of aliphatic carboxylic acids is 1. The minimum atomic E-state index is -1.58. The summed E-state index contributed by atoms with van der Waals surface area (Å²) in [7, 11) is 0. The number of imidazole rings is 1. The lowest BCUT2D eigenvalue weighted by Gasteiger charge is -2.25. The molecule has 4 aromatic carbocycles. The van der Waals surface area contributed by atoms with Gasteiger partial charge in [-0.05, 0) is 60.9 Å². The SMILES string of the molecule is CCCCCCCC(=O)NCCCCC(NC(=O)C(N)Cc1cn(C(c2ccccc2)c2ccccc2)cn1)C(=O)NC(Cc1ccc(C)cc1)C(=O)NC(Cc1ccc(O)c([N+](=O)[O-])c1)C(=O)O. The average Bonchev–Trinajstić information content (AvgIpc) is 3.79. The van der Waals surface area contributed by atoms with Crippen LogP contribution >= 0.6 is 0 Å². The largest absolute Gasteiger partial charge is 0.502 e. The van der Waals surface area contributed by atoms with Gasteiger partial charge in [-0.15, -0.1) is 0 Å². The minimum absolute atomic E-state index is 0.0349. The number of nitrogens with zero attached hydrogens (tertiary/aromatic N) is 3. The van der Waals surface area contributed by atoms with Crippen molar-refractivity contribution in [3.05, 3.63) is 159 Å². The van der Waals surface area contributed by atoms with Gasteiger partial charge in [0.2, 0.25) is 23.6 Å². The lowest BCUT2D eigenvalue weighted by atomic mass is 9.98. The van der Waals surface area contributed by atoms with E-state index in [0.717, 1.165) is 60.9 Å². The van der Waals surface area contributed by atoms with Crippen LogP contribution in [0.4, 0.5) is 5.69 Å². The zero-order valence-electron chi connectivity index (χ0n) is 39.2. The minimum Gasteiger partial charge on any atom is -0.502 e. The second kappa shape index (κ2) is 26.8. The second-order valence-electron chi connectivity index (χ2n) is 17.4. The fourth-order valence-corrected chi connectivity index (χ4v) is 7.97. The van der Waals surface area contributed by atoms with Crippen LogP contribution in [0.2, 0.25) is 0 Å². The quantitative estimate of drug-likeness (QED) is 0.0174. The van der Waals surface area contributed by atoms with Crippen molar-refractivity contribution < 1.29 is 39.1 Å². The molecule has 0 fully saturated rings. The first kappa shape index (κ1) is 52.6. The van der Waals surface area contributed by atoms with Crippen molar-refractivity contribution in [1.29, 1.82) is 0 Å². The number of nitrogens with one attached hydrogen (secondary N) is 4. The molecule has 4 amide bonds. The fourth-order valence-electron chi connectivity index (χ4n) is 7.97. The summed E-state index contributed by atoms with van der Waals surface area (Å²) in [5.41, 5.74) is 10.2. The Morgan fingerprint density at radius 3 is 1.96 bits per heavy atom. The number of nitro groups is 1. The molecule has 0 aliphatic rings. The highest BCUT2D eigenvalue weighted by molar-refractivity contribution is 5.94. The highest BCUT2D eigenvalue weighted by Crippen LogP contribution is 2.28. The normalized spacial score (nSPS) is 12.9. The summed E-state index contributed by atoms with van der Waals surface area (Å²) < 4.78 is 1.95. The number of aryl methyl sites for hydroxylation is 1. The van der Waals surface area contributed by atoms with E-state index in [2.05, 4.69) is 33.2 Å². The third kappa shape index (κ3) is 16.7. The topological polar surface area (TPSA) is 261 Å². The van der Waals surface area contributed by atoms with Crippen molar-refractivity contribution in [1.82, 2.24) is 30.8 Å². The van der Waals surface area contributed by atoms with E-state index in [-0.39, 0.29) is 43.2 Å². The average molecular weight is 945 g/mol. The van der Waals surface area contributed by atoms with Crippen LogP contribution in [0.15, 0.2) is 116 Å². The summed E-state index contributed by atoms with van der Waals surface area (Å²) >= 11 is 0. The molecule has 366 valence electrons. The Morgan fingerprint density at radius 1 is 0.725 bits per heavy atom. The maximum atomic E-state index is 14.3. The van der Waals surface area contributed by atoms with Crippen molar-refractivity contribution in [3.63, 3.8) is 0 Å². The molecule has 4 unspecified atom stereocenters. The number of carboxylic acids is 1. The van der Waals surface area contributed by atoms with Gasteiger partial charge in [-0.25, -0.2) is 9.78 Å². The molecule has 0 saturated carbocycles. The van der Waals surface area contributed by atoms with Crippen LogP contribution in [0.3, 0.4) is 0 Å². The van der Waals surface area contributed by atoms with Gasteiger partial charge in [-0.3, -0.25) is 29.3 Å². The van der Waals surface area contributed by atoms with Crippen molar-refractivity contribution in [2.75, 3.05) is 6.54 Å². The molecular weight excluding hydrogens is 881 g/mol. The third-order valence-electron chi connectivity index (χ3n) is 11.8. The maximum absolute atomic E-state index is 14.3. The molecular formula is C52H64N8O9. The molecule has 4 atom stereocenters. The second-order valence-corrected chi connectivity index (χ2v) is 17.4. The fraction of sp³-hybridized carbons (Fsp3) is 0.385. The molecule has 0 radical (unpaired) electrons. The molecule has 0 spiro atoms. The van der Waals surface area contributed by atoms with Gasteiger partial charge in [0, 0.05) is 44.5 Å². The first-order chi connectivity index (χ1) is 33.2. The molecule has 0 saturated heterocycles. The van der Waals surface area contributed by atoms with Crippen LogP contribution < -0.4 is 27.0 Å². The predicted octanol–water partition coefficient (Wildman–Crippen LogP) is 5.98. The molecule has 0 aliphatic carbocycles. The summed E-state index contributed by atoms with van der Waals surface area (Å²) in [4.78, 5) is 82.5. The Labute approximate surface area is 402 Å². The number of aromatic nitrogens is 2. The number of benzene rings is 4. The van der Waals surface area contributed by atoms with Gasteiger partial charge in [0.1, 0.15) is 18.1 Å². The number of hydrogen-bond acceptors (Lipinski definition) is 10. The van der Waals surface area contributed by atoms with E-state index in [4.69, 9.17) is 5.73 Å². The monoisotopic (exact) mass is 944 g/mol. The Bertz CT molecular complexity index is 2430. The molecule has 69 heavy (non-hydrogen) atoms. The van der Waals surface area contributed by atoms with Gasteiger partial charge in [-0.2, -0.15) is 0 Å². The van der Waals surface area contributed by atoms with E-state index >= 15 is 0 Å². The maximum Gasteiger partial charge on any atom is 0.326 e. The molecule has 8 N–H and O–H groups in total. The van der Waals surface area contributed by atoms with Crippen LogP contribution in [-0.4, -0.2) is 85.0 Å². The summed E-state index contributed by atoms with van der Waals surface area (Å²) in [6.45, 7) is 4.37. The number of hydrogen-bond donors (Lipinski definition) is 7. The van der Waals surface area contributed by atoms with Gasteiger partial charge >= 0.3 is 11.7 Å². The van der Waals surface area contributed by atoms with Crippen molar-refractivity contribution in [3.8, 4) is 5.75 Å². The Kier molecular flexibility index (Phi) is 20.4. The van der Waals surface area contributed by atoms with Gasteiger partial charge in [0.25, 0.3) is 0 Å². The first-order valence-electron chi connectivity index (χ1n) is 23.5. The van der Waals surface area contributed by atoms with E-state index in [1.54, 1.807) is 18.5 Å². The standard InChI is InChI=1S/C52H64N8O9/c1-3-4-5-6-13-21-47(62)54-28-15-14-20-42(56-49(63)41(53)32-40-33-59(34-55-40)48(38-16-9-7-10-17-38)39-18-11-8-12-19-39)50(64)57-43(29-36-24-22-35(2)23-25-36)51(65)58-44(52(66)67)30-37-26-27-46(61)45(31-37)60(68)69/h7-12,16-19,22-27,31,33-34,41-44,48,61H,3-6,13-15,20-21,28-30,32,53H2,1-2H3,(H,54,62)(H,56,63)(H,57,64)(H,58,65)(H,66,67). The molecule has 1 heterocycles. The van der Waals surface area contributed by atoms with Crippen LogP contribution in [-0.2, 0) is 43.2 Å². The summed E-state index contributed by atoms with van der Waals surface area (Å²) in [5.74, 6) is -4.33. The number of nitrogens with two attached hydrogens (primary N) is 1. The lowest BCUT2D eigenvalue weighted by Crippen LogP contribution is -2.58. The van der Waals surface area contributed by atoms with Gasteiger partial charge in [0.05, 0.1) is 29.0 Å². The number of carbonyl (C=O) groups is 5. The van der Waals surface area contributed by atoms with Crippen molar-refractivity contribution in [2.24, 2.45) is 5.73 Å². The number of carboxylic acid groups (broad SMARTS) is 1. The number of amides is 4. The first-order valence-corrected chi connectivity index (χ1v) is 23.5. The smallest absolute Gasteiger partial charge is 0.326 e. The van der Waals surface area contributed by atoms with E-state index in [1.807, 2.05) is 90.5 Å². The zero-order valence-corrected chi connectivity index (χ0v) is 39.2. The van der Waals surface area contributed by atoms with Crippen molar-refractivity contribution >= 4 is 35.3 Å². The highest BCUT2D eigenvalue weighted by atomic mass is 16.6. The van der Waals surface area contributed by atoms with E-state index in [0.29, 0.717) is 37.1 Å². The van der Waals surface area contributed by atoms with E-state index < -0.39 is 64.2 Å². The Hall–Kier alpha value is -7.40. The van der Waals surface area contributed by atoms with E-state index in [9.17, 15) is 44.3 Å². The number of phenolic OH excluding ortho intramolecular Hbond substituents is 1. The van der Waals surface area contributed by atoms with Crippen molar-refractivity contribution in [2.45, 2.75) is 121 Å². The molecule has 1 aromatic heterocycles. The number of carbonyl (C=O) groups excluding carboxylic acids is 4. The van der Waals surface area contributed by atoms with Crippen LogP contribution in [0.1, 0.15) is 104 Å². The van der Waals surface area contributed by atoms with Crippen LogP contribution in [0.5, 0.6) is 5.75 Å². The number of unbranched alkanes of at least 4 members (excludes halogenated alkanes) is 5. The molecule has 0 aliphatic heterocycles. The molecule has 5 aromatic rings. The van der Waals surface area contributed by atoms with Gasteiger partial charge < -0.3 is 41.8 Å². The molecule has 17 nitrogen and oxygen atoms in total. The predicted molar refractivity (Wildman–Crippen MR) is 261 cm³/mol. The number of nitro benzene ring substituents is 1. The van der Waals surface area contributed by atoms with Gasteiger partial charge in [-0.1, -0.05) is 129 Å². The van der Waals surface area contributed by atoms with Gasteiger partial charge in [0.15, 0.2) is 5.75 Å². The van der Waals surface area contributed by atoms with Crippen LogP contribution in [0, 0.1) is 17.0 Å². The number of phenols is 1. The lowest BCUT2D eigenvalue weighted by molar-refractivity contribution is -0.385. The summed E-state index contributed by atoms with van der Waals surface area (Å²) in [5, 5.41) is 42.5. The van der Waals surface area contributed by atoms with E-state index in [1.165, 1.54) is 6.07 Å². The third-order valence-corrected chi connectivity index (χ3v) is 11.8. The zero-order chi connectivity index (χ0) is 49.7. The highest BCUT2D eigenvalue weighted by Gasteiger charge is 2.31. The van der Waals surface area contributed by atoms with Crippen LogP contribution in [0.25, 0.3) is 0 Å². The summed E-state index contributed by atoms with van der Waals surface area (Å²) in [6, 6.07) is 25.0. The summed E-state index contributed by atoms with van der Waals surface area (Å²) in [6.07, 6.45) is 9.62. The molecule has 17 heteroatoms. The molecule has 0 bridgehead atoms. The Balaban J connectivity index is 1.32.